The van der Waals surface area contributed by atoms with E-state index in [1.807, 2.05) is 25.1 Å². The number of nitrogens with zero attached hydrogens (tertiary/aromatic N) is 1. The zero-order valence-electron chi connectivity index (χ0n) is 9.69. The highest BCUT2D eigenvalue weighted by atomic mass is 16.4. The van der Waals surface area contributed by atoms with E-state index in [9.17, 15) is 4.79 Å². The lowest BCUT2D eigenvalue weighted by Gasteiger charge is -2.11. The highest BCUT2D eigenvalue weighted by Gasteiger charge is 2.05. The van der Waals surface area contributed by atoms with Gasteiger partial charge in [-0.3, -0.25) is 4.79 Å². The average molecular weight is 220 g/mol. The standard InChI is InChI=1S/C12H16N2O2/c1-8(2)11-5-4-10(6-9(11)3)14-12(15)7-13-16/h4-8,16H,1-3H3,(H,14,15)/b13-7+. The van der Waals surface area contributed by atoms with Crippen LogP contribution in [0, 0.1) is 6.92 Å². The predicted molar refractivity (Wildman–Crippen MR) is 64.2 cm³/mol. The monoisotopic (exact) mass is 220 g/mol. The maximum atomic E-state index is 11.1. The summed E-state index contributed by atoms with van der Waals surface area (Å²) in [5.41, 5.74) is 3.09. The van der Waals surface area contributed by atoms with Crippen molar-refractivity contribution in [3.8, 4) is 0 Å². The minimum Gasteiger partial charge on any atom is -0.411 e. The number of carbonyl (C=O) groups excluding carboxylic acids is 1. The predicted octanol–water partition coefficient (Wildman–Crippen LogP) is 2.52. The van der Waals surface area contributed by atoms with E-state index in [-0.39, 0.29) is 0 Å². The molecule has 4 heteroatoms. The average Bonchev–Trinajstić information content (AvgIpc) is 2.17. The van der Waals surface area contributed by atoms with Crippen molar-refractivity contribution in [2.24, 2.45) is 5.16 Å². The summed E-state index contributed by atoms with van der Waals surface area (Å²) < 4.78 is 0. The zero-order chi connectivity index (χ0) is 12.1. The molecule has 0 unspecified atom stereocenters. The fourth-order valence-corrected chi connectivity index (χ4v) is 1.63. The normalized spacial score (nSPS) is 11.0. The fraction of sp³-hybridized carbons (Fsp3) is 0.333. The Hall–Kier alpha value is -1.84. The summed E-state index contributed by atoms with van der Waals surface area (Å²) in [6, 6.07) is 5.73. The van der Waals surface area contributed by atoms with Crippen molar-refractivity contribution in [1.29, 1.82) is 0 Å². The van der Waals surface area contributed by atoms with Crippen LogP contribution < -0.4 is 5.32 Å². The molecule has 1 rings (SSSR count). The van der Waals surface area contributed by atoms with E-state index in [1.165, 1.54) is 5.56 Å². The van der Waals surface area contributed by atoms with Crippen LogP contribution in [0.5, 0.6) is 0 Å². The van der Waals surface area contributed by atoms with Gasteiger partial charge in [0.15, 0.2) is 0 Å². The van der Waals surface area contributed by atoms with Gasteiger partial charge in [0.1, 0.15) is 6.21 Å². The van der Waals surface area contributed by atoms with Crippen LogP contribution in [0.25, 0.3) is 0 Å². The van der Waals surface area contributed by atoms with Crippen molar-refractivity contribution in [3.05, 3.63) is 29.3 Å². The third-order valence-corrected chi connectivity index (χ3v) is 2.33. The van der Waals surface area contributed by atoms with E-state index in [0.29, 0.717) is 11.6 Å². The van der Waals surface area contributed by atoms with Crippen molar-refractivity contribution < 1.29 is 10.0 Å². The van der Waals surface area contributed by atoms with Crippen LogP contribution in [0.3, 0.4) is 0 Å². The fourth-order valence-electron chi connectivity index (χ4n) is 1.63. The van der Waals surface area contributed by atoms with Crippen LogP contribution in [0.4, 0.5) is 5.69 Å². The van der Waals surface area contributed by atoms with Crippen molar-refractivity contribution in [2.45, 2.75) is 26.7 Å². The number of rotatable bonds is 3. The summed E-state index contributed by atoms with van der Waals surface area (Å²) in [5.74, 6) is 0.0166. The molecule has 0 aliphatic rings. The Morgan fingerprint density at radius 3 is 2.69 bits per heavy atom. The van der Waals surface area contributed by atoms with Gasteiger partial charge >= 0.3 is 0 Å². The number of benzene rings is 1. The van der Waals surface area contributed by atoms with E-state index >= 15 is 0 Å². The molecule has 1 aromatic rings. The Bertz CT molecular complexity index is 411. The van der Waals surface area contributed by atoms with Gasteiger partial charge in [-0.1, -0.05) is 25.1 Å². The molecule has 1 aromatic carbocycles. The van der Waals surface area contributed by atoms with Crippen LogP contribution in [0.2, 0.25) is 0 Å². The van der Waals surface area contributed by atoms with Crippen LogP contribution >= 0.6 is 0 Å². The molecule has 0 saturated carbocycles. The molecule has 1 amide bonds. The molecular weight excluding hydrogens is 204 g/mol. The molecule has 16 heavy (non-hydrogen) atoms. The highest BCUT2D eigenvalue weighted by molar-refractivity contribution is 6.31. The van der Waals surface area contributed by atoms with Gasteiger partial charge in [-0.2, -0.15) is 0 Å². The molecule has 0 bridgehead atoms. The Morgan fingerprint density at radius 1 is 1.50 bits per heavy atom. The first-order valence-electron chi connectivity index (χ1n) is 5.13. The lowest BCUT2D eigenvalue weighted by Crippen LogP contribution is -2.12. The number of nitrogens with one attached hydrogen (secondary N) is 1. The first-order valence-corrected chi connectivity index (χ1v) is 5.13. The molecule has 0 fully saturated rings. The molecule has 0 atom stereocenters. The second-order valence-corrected chi connectivity index (χ2v) is 3.96. The van der Waals surface area contributed by atoms with Gasteiger partial charge in [-0.05, 0) is 36.1 Å². The smallest absolute Gasteiger partial charge is 0.270 e. The highest BCUT2D eigenvalue weighted by Crippen LogP contribution is 2.21. The Labute approximate surface area is 95.0 Å². The van der Waals surface area contributed by atoms with Gasteiger partial charge in [0.25, 0.3) is 5.91 Å². The SMILES string of the molecule is Cc1cc(NC(=O)/C=N/O)ccc1C(C)C. The van der Waals surface area contributed by atoms with Crippen molar-refractivity contribution in [3.63, 3.8) is 0 Å². The number of amides is 1. The van der Waals surface area contributed by atoms with E-state index in [2.05, 4.69) is 24.3 Å². The quantitative estimate of drug-likeness (QED) is 0.467. The van der Waals surface area contributed by atoms with Gasteiger partial charge in [0.05, 0.1) is 0 Å². The molecule has 0 aliphatic heterocycles. The van der Waals surface area contributed by atoms with Gasteiger partial charge in [-0.15, -0.1) is 0 Å². The first-order chi connectivity index (χ1) is 7.54. The molecule has 2 N–H and O–H groups in total. The van der Waals surface area contributed by atoms with Crippen molar-refractivity contribution in [2.75, 3.05) is 5.32 Å². The van der Waals surface area contributed by atoms with E-state index in [4.69, 9.17) is 5.21 Å². The zero-order valence-corrected chi connectivity index (χ0v) is 9.69. The summed E-state index contributed by atoms with van der Waals surface area (Å²) >= 11 is 0. The molecule has 0 aliphatic carbocycles. The maximum Gasteiger partial charge on any atom is 0.270 e. The van der Waals surface area contributed by atoms with Crippen LogP contribution in [-0.4, -0.2) is 17.3 Å². The molecule has 0 heterocycles. The molecule has 86 valence electrons. The third-order valence-electron chi connectivity index (χ3n) is 2.33. The molecule has 4 nitrogen and oxygen atoms in total. The Balaban J connectivity index is 2.85. The number of aryl methyl sites for hydroxylation is 1. The van der Waals surface area contributed by atoms with Crippen LogP contribution in [0.1, 0.15) is 30.9 Å². The van der Waals surface area contributed by atoms with Crippen LogP contribution in [0.15, 0.2) is 23.4 Å². The summed E-state index contributed by atoms with van der Waals surface area (Å²) in [6.45, 7) is 6.25. The summed E-state index contributed by atoms with van der Waals surface area (Å²) in [5, 5.41) is 13.5. The van der Waals surface area contributed by atoms with E-state index in [0.717, 1.165) is 11.8 Å². The number of hydrogen-bond donors (Lipinski definition) is 2. The number of hydrogen-bond acceptors (Lipinski definition) is 3. The van der Waals surface area contributed by atoms with Crippen molar-refractivity contribution in [1.82, 2.24) is 0 Å². The van der Waals surface area contributed by atoms with Gasteiger partial charge < -0.3 is 10.5 Å². The maximum absolute atomic E-state index is 11.1. The molecule has 0 saturated heterocycles. The summed E-state index contributed by atoms with van der Waals surface area (Å²) in [6.07, 6.45) is 0.825. The summed E-state index contributed by atoms with van der Waals surface area (Å²) in [4.78, 5) is 11.1. The van der Waals surface area contributed by atoms with Crippen LogP contribution in [-0.2, 0) is 4.79 Å². The Kier molecular flexibility index (Phi) is 4.05. The largest absolute Gasteiger partial charge is 0.411 e. The Morgan fingerprint density at radius 2 is 2.19 bits per heavy atom. The van der Waals surface area contributed by atoms with Gasteiger partial charge in [-0.25, -0.2) is 0 Å². The van der Waals surface area contributed by atoms with E-state index in [1.54, 1.807) is 0 Å². The molecule has 0 radical (unpaired) electrons. The second-order valence-electron chi connectivity index (χ2n) is 3.96. The first kappa shape index (κ1) is 12.2. The molecular formula is C12H16N2O2. The van der Waals surface area contributed by atoms with Crippen molar-refractivity contribution >= 4 is 17.8 Å². The lowest BCUT2D eigenvalue weighted by molar-refractivity contribution is -0.110. The lowest BCUT2D eigenvalue weighted by atomic mass is 9.98. The number of anilines is 1. The van der Waals surface area contributed by atoms with Gasteiger partial charge in [0, 0.05) is 5.69 Å². The summed E-state index contributed by atoms with van der Waals surface area (Å²) in [7, 11) is 0. The van der Waals surface area contributed by atoms with Gasteiger partial charge in [0.2, 0.25) is 0 Å². The minimum absolute atomic E-state index is 0.445. The number of carbonyl (C=O) groups is 1. The molecule has 0 spiro atoms. The third kappa shape index (κ3) is 3.08. The number of oxime groups is 1. The minimum atomic E-state index is -0.445. The topological polar surface area (TPSA) is 61.7 Å². The second kappa shape index (κ2) is 5.30. The molecule has 0 aromatic heterocycles. The van der Waals surface area contributed by atoms with E-state index < -0.39 is 5.91 Å².